The smallest absolute Gasteiger partial charge is 0.438 e. The third-order valence-corrected chi connectivity index (χ3v) is 2.40. The molecule has 0 radical (unpaired) electrons. The average molecular weight is 204 g/mol. The Kier molecular flexibility index (Phi) is 2.58. The van der Waals surface area contributed by atoms with Crippen molar-refractivity contribution in [2.75, 3.05) is 20.3 Å². The lowest BCUT2D eigenvalue weighted by Crippen LogP contribution is -2.34. The number of ether oxygens (including phenoxy) is 4. The fraction of sp³-hybridized carbons (Fsp3) is 0.875. The fourth-order valence-corrected chi connectivity index (χ4v) is 1.72. The maximum atomic E-state index is 10.8. The van der Waals surface area contributed by atoms with E-state index in [0.717, 1.165) is 0 Å². The second-order valence-corrected chi connectivity index (χ2v) is 3.27. The zero-order chi connectivity index (χ0) is 10.1. The molecule has 2 aliphatic rings. The maximum Gasteiger partial charge on any atom is 0.508 e. The van der Waals surface area contributed by atoms with E-state index in [1.165, 1.54) is 7.11 Å². The summed E-state index contributed by atoms with van der Waals surface area (Å²) in [6, 6.07) is 0. The van der Waals surface area contributed by atoms with Gasteiger partial charge in [-0.05, 0) is 0 Å². The molecular weight excluding hydrogens is 192 g/mol. The fourth-order valence-electron chi connectivity index (χ4n) is 1.72. The van der Waals surface area contributed by atoms with Crippen LogP contribution in [0.4, 0.5) is 4.79 Å². The highest BCUT2D eigenvalue weighted by atomic mass is 16.7. The normalized spacial score (nSPS) is 40.7. The maximum absolute atomic E-state index is 10.8. The Morgan fingerprint density at radius 2 is 2.07 bits per heavy atom. The van der Waals surface area contributed by atoms with Crippen molar-refractivity contribution in [1.82, 2.24) is 0 Å². The summed E-state index contributed by atoms with van der Waals surface area (Å²) in [5.74, 6) is 0. The van der Waals surface area contributed by atoms with Crippen molar-refractivity contribution < 1.29 is 28.8 Å². The van der Waals surface area contributed by atoms with E-state index < -0.39 is 18.4 Å². The number of aliphatic hydroxyl groups is 1. The quantitative estimate of drug-likeness (QED) is 0.569. The summed E-state index contributed by atoms with van der Waals surface area (Å²) in [4.78, 5) is 10.8. The highest BCUT2D eigenvalue weighted by Crippen LogP contribution is 2.28. The van der Waals surface area contributed by atoms with Crippen LogP contribution in [0.1, 0.15) is 0 Å². The minimum atomic E-state index is -0.760. The predicted octanol–water partition coefficient (Wildman–Crippen LogP) is -0.704. The summed E-state index contributed by atoms with van der Waals surface area (Å²) >= 11 is 0. The summed E-state index contributed by atoms with van der Waals surface area (Å²) in [6.45, 7) is 0.456. The van der Waals surface area contributed by atoms with Crippen LogP contribution < -0.4 is 0 Å². The van der Waals surface area contributed by atoms with Crippen LogP contribution in [-0.2, 0) is 18.9 Å². The van der Waals surface area contributed by atoms with Crippen molar-refractivity contribution in [3.05, 3.63) is 0 Å². The van der Waals surface area contributed by atoms with Crippen molar-refractivity contribution >= 4 is 6.16 Å². The average Bonchev–Trinajstić information content (AvgIpc) is 2.72. The first-order valence-corrected chi connectivity index (χ1v) is 4.38. The van der Waals surface area contributed by atoms with Gasteiger partial charge in [0.2, 0.25) is 0 Å². The molecule has 0 aliphatic carbocycles. The summed E-state index contributed by atoms with van der Waals surface area (Å²) < 4.78 is 19.7. The van der Waals surface area contributed by atoms with Gasteiger partial charge in [0.15, 0.2) is 6.10 Å². The molecule has 2 saturated heterocycles. The van der Waals surface area contributed by atoms with E-state index in [0.29, 0.717) is 0 Å². The van der Waals surface area contributed by atoms with Crippen molar-refractivity contribution in [2.24, 2.45) is 0 Å². The van der Waals surface area contributed by atoms with Crippen molar-refractivity contribution in [3.63, 3.8) is 0 Å². The lowest BCUT2D eigenvalue weighted by Gasteiger charge is -2.15. The molecule has 2 heterocycles. The van der Waals surface area contributed by atoms with E-state index in [2.05, 4.69) is 4.74 Å². The Morgan fingerprint density at radius 1 is 1.36 bits per heavy atom. The summed E-state index contributed by atoms with van der Waals surface area (Å²) in [7, 11) is 1.24. The van der Waals surface area contributed by atoms with Crippen LogP contribution in [-0.4, -0.2) is 56.0 Å². The molecule has 0 spiro atoms. The van der Waals surface area contributed by atoms with Gasteiger partial charge in [-0.25, -0.2) is 4.79 Å². The SMILES string of the molecule is COC(=O)O[C@H]1CO[C@H]2[C@@H]1OC[C@H]2O. The first-order chi connectivity index (χ1) is 6.72. The van der Waals surface area contributed by atoms with Gasteiger partial charge in [-0.15, -0.1) is 0 Å². The van der Waals surface area contributed by atoms with Gasteiger partial charge in [-0.2, -0.15) is 0 Å². The molecule has 0 saturated carbocycles. The van der Waals surface area contributed by atoms with Gasteiger partial charge in [0.25, 0.3) is 0 Å². The standard InChI is InChI=1S/C8H12O6/c1-11-8(10)14-5-3-13-6-4(9)2-12-7(5)6/h4-7,9H,2-3H2,1H3/t4-,5+,6-,7-/m1/s1. The van der Waals surface area contributed by atoms with Gasteiger partial charge in [-0.1, -0.05) is 0 Å². The van der Waals surface area contributed by atoms with Crippen LogP contribution in [0.5, 0.6) is 0 Å². The zero-order valence-electron chi connectivity index (χ0n) is 7.71. The molecule has 14 heavy (non-hydrogen) atoms. The molecule has 6 heteroatoms. The Balaban J connectivity index is 1.93. The molecule has 2 rings (SSSR count). The van der Waals surface area contributed by atoms with E-state index in [9.17, 15) is 9.90 Å². The second kappa shape index (κ2) is 3.72. The molecule has 0 aromatic rings. The zero-order valence-corrected chi connectivity index (χ0v) is 7.71. The topological polar surface area (TPSA) is 74.2 Å². The Morgan fingerprint density at radius 3 is 2.79 bits per heavy atom. The molecule has 0 amide bonds. The van der Waals surface area contributed by atoms with Crippen LogP contribution in [0.15, 0.2) is 0 Å². The minimum absolute atomic E-state index is 0.219. The van der Waals surface area contributed by atoms with Crippen LogP contribution in [0.3, 0.4) is 0 Å². The molecule has 0 unspecified atom stereocenters. The number of fused-ring (bicyclic) bond motifs is 1. The molecule has 6 nitrogen and oxygen atoms in total. The van der Waals surface area contributed by atoms with Crippen LogP contribution in [0, 0.1) is 0 Å². The Bertz CT molecular complexity index is 230. The lowest BCUT2D eigenvalue weighted by atomic mass is 10.1. The van der Waals surface area contributed by atoms with E-state index in [4.69, 9.17) is 14.2 Å². The molecule has 2 aliphatic heterocycles. The van der Waals surface area contributed by atoms with Gasteiger partial charge in [0, 0.05) is 0 Å². The number of rotatable bonds is 1. The Hall–Kier alpha value is -0.850. The number of hydrogen-bond donors (Lipinski definition) is 1. The highest BCUT2D eigenvalue weighted by molar-refractivity contribution is 5.60. The number of carbonyl (C=O) groups excluding carboxylic acids is 1. The van der Waals surface area contributed by atoms with Gasteiger partial charge in [-0.3, -0.25) is 0 Å². The predicted molar refractivity (Wildman–Crippen MR) is 42.8 cm³/mol. The van der Waals surface area contributed by atoms with Gasteiger partial charge < -0.3 is 24.1 Å². The van der Waals surface area contributed by atoms with Crippen LogP contribution >= 0.6 is 0 Å². The highest BCUT2D eigenvalue weighted by Gasteiger charge is 2.49. The number of hydrogen-bond acceptors (Lipinski definition) is 6. The summed E-state index contributed by atoms with van der Waals surface area (Å²) in [5, 5.41) is 9.39. The first kappa shape index (κ1) is 9.70. The molecule has 0 aromatic carbocycles. The van der Waals surface area contributed by atoms with Gasteiger partial charge >= 0.3 is 6.16 Å². The van der Waals surface area contributed by atoms with Crippen molar-refractivity contribution in [1.29, 1.82) is 0 Å². The third-order valence-electron chi connectivity index (χ3n) is 2.40. The second-order valence-electron chi connectivity index (χ2n) is 3.27. The Labute approximate surface area is 80.7 Å². The minimum Gasteiger partial charge on any atom is -0.438 e. The molecule has 2 fully saturated rings. The van der Waals surface area contributed by atoms with Crippen LogP contribution in [0.25, 0.3) is 0 Å². The monoisotopic (exact) mass is 204 g/mol. The molecule has 80 valence electrons. The molecule has 0 aromatic heterocycles. The number of methoxy groups -OCH3 is 1. The molecule has 0 bridgehead atoms. The first-order valence-electron chi connectivity index (χ1n) is 4.38. The molecule has 1 N–H and O–H groups in total. The number of aliphatic hydroxyl groups excluding tert-OH is 1. The van der Waals surface area contributed by atoms with Crippen molar-refractivity contribution in [3.8, 4) is 0 Å². The van der Waals surface area contributed by atoms with E-state index >= 15 is 0 Å². The van der Waals surface area contributed by atoms with Gasteiger partial charge in [0.1, 0.15) is 18.3 Å². The van der Waals surface area contributed by atoms with Crippen LogP contribution in [0.2, 0.25) is 0 Å². The van der Waals surface area contributed by atoms with Gasteiger partial charge in [0.05, 0.1) is 20.3 Å². The third kappa shape index (κ3) is 1.56. The number of carbonyl (C=O) groups is 1. The summed E-state index contributed by atoms with van der Waals surface area (Å²) in [5.41, 5.74) is 0. The van der Waals surface area contributed by atoms with E-state index in [1.807, 2.05) is 0 Å². The van der Waals surface area contributed by atoms with E-state index in [1.54, 1.807) is 0 Å². The lowest BCUT2D eigenvalue weighted by molar-refractivity contribution is -0.0267. The van der Waals surface area contributed by atoms with E-state index in [-0.39, 0.29) is 25.4 Å². The largest absolute Gasteiger partial charge is 0.508 e. The van der Waals surface area contributed by atoms with Crippen molar-refractivity contribution in [2.45, 2.75) is 24.4 Å². The molecule has 4 atom stereocenters. The molecular formula is C8H12O6. The summed E-state index contributed by atoms with van der Waals surface area (Å²) in [6.07, 6.45) is -2.63.